The number of hydrogen-bond acceptors (Lipinski definition) is 4. The standard InChI is InChI=1S/C20H17FN2O3S2/c21-17-4-1-2-6-19(17)28(25,26)22-16-8-7-14-9-10-23(13-15(14)12-16)20(24)18-5-3-11-27-18/h1-8,11-12,22H,9-10,13H2. The van der Waals surface area contributed by atoms with Gasteiger partial charge >= 0.3 is 0 Å². The second kappa shape index (κ2) is 7.37. The zero-order valence-corrected chi connectivity index (χ0v) is 16.4. The smallest absolute Gasteiger partial charge is 0.264 e. The molecule has 0 aliphatic carbocycles. The van der Waals surface area contributed by atoms with Gasteiger partial charge in [-0.25, -0.2) is 12.8 Å². The summed E-state index contributed by atoms with van der Waals surface area (Å²) < 4.78 is 41.3. The van der Waals surface area contributed by atoms with Gasteiger partial charge in [0, 0.05) is 18.8 Å². The van der Waals surface area contributed by atoms with E-state index in [9.17, 15) is 17.6 Å². The quantitative estimate of drug-likeness (QED) is 0.702. The summed E-state index contributed by atoms with van der Waals surface area (Å²) in [4.78, 5) is 14.6. The van der Waals surface area contributed by atoms with Crippen molar-refractivity contribution < 1.29 is 17.6 Å². The van der Waals surface area contributed by atoms with Crippen molar-refractivity contribution in [2.75, 3.05) is 11.3 Å². The summed E-state index contributed by atoms with van der Waals surface area (Å²) in [6, 6.07) is 14.1. The van der Waals surface area contributed by atoms with Crippen LogP contribution in [0.1, 0.15) is 20.8 Å². The molecule has 0 atom stereocenters. The summed E-state index contributed by atoms with van der Waals surface area (Å²) in [5.74, 6) is -0.835. The minimum Gasteiger partial charge on any atom is -0.333 e. The second-order valence-corrected chi connectivity index (χ2v) is 9.07. The van der Waals surface area contributed by atoms with E-state index in [2.05, 4.69) is 4.72 Å². The first-order chi connectivity index (χ1) is 13.4. The number of sulfonamides is 1. The third-order valence-electron chi connectivity index (χ3n) is 4.62. The monoisotopic (exact) mass is 416 g/mol. The second-order valence-electron chi connectivity index (χ2n) is 6.47. The minimum atomic E-state index is -4.04. The third-order valence-corrected chi connectivity index (χ3v) is 6.89. The number of nitrogens with one attached hydrogen (secondary N) is 1. The Kier molecular flexibility index (Phi) is 4.91. The molecule has 0 radical (unpaired) electrons. The van der Waals surface area contributed by atoms with Crippen molar-refractivity contribution in [1.82, 2.24) is 4.90 Å². The Hall–Kier alpha value is -2.71. The fourth-order valence-electron chi connectivity index (χ4n) is 3.22. The van der Waals surface area contributed by atoms with Gasteiger partial charge < -0.3 is 4.90 Å². The zero-order valence-electron chi connectivity index (χ0n) is 14.8. The lowest BCUT2D eigenvalue weighted by Crippen LogP contribution is -2.35. The van der Waals surface area contributed by atoms with Crippen LogP contribution in [0.2, 0.25) is 0 Å². The Morgan fingerprint density at radius 3 is 2.64 bits per heavy atom. The highest BCUT2D eigenvalue weighted by atomic mass is 32.2. The van der Waals surface area contributed by atoms with Crippen LogP contribution in [0.5, 0.6) is 0 Å². The maximum atomic E-state index is 13.9. The number of carbonyl (C=O) groups is 1. The van der Waals surface area contributed by atoms with Crippen molar-refractivity contribution in [3.8, 4) is 0 Å². The maximum absolute atomic E-state index is 13.9. The largest absolute Gasteiger partial charge is 0.333 e. The van der Waals surface area contributed by atoms with Crippen LogP contribution in [0, 0.1) is 5.82 Å². The molecule has 8 heteroatoms. The molecule has 4 rings (SSSR count). The molecule has 0 spiro atoms. The highest BCUT2D eigenvalue weighted by molar-refractivity contribution is 7.92. The van der Waals surface area contributed by atoms with Gasteiger partial charge in [-0.15, -0.1) is 11.3 Å². The van der Waals surface area contributed by atoms with E-state index in [1.165, 1.54) is 29.5 Å². The average molecular weight is 416 g/mol. The number of hydrogen-bond donors (Lipinski definition) is 1. The summed E-state index contributed by atoms with van der Waals surface area (Å²) >= 11 is 1.40. The van der Waals surface area contributed by atoms with Gasteiger partial charge in [0.25, 0.3) is 15.9 Å². The number of benzene rings is 2. The molecule has 0 saturated heterocycles. The molecule has 2 heterocycles. The van der Waals surface area contributed by atoms with Gasteiger partial charge in [-0.1, -0.05) is 24.3 Å². The predicted octanol–water partition coefficient (Wildman–Crippen LogP) is 3.89. The molecule has 1 N–H and O–H groups in total. The average Bonchev–Trinajstić information content (AvgIpc) is 3.21. The van der Waals surface area contributed by atoms with Gasteiger partial charge in [-0.3, -0.25) is 9.52 Å². The lowest BCUT2D eigenvalue weighted by atomic mass is 9.99. The highest BCUT2D eigenvalue weighted by Gasteiger charge is 2.24. The van der Waals surface area contributed by atoms with Crippen LogP contribution in [0.3, 0.4) is 0 Å². The van der Waals surface area contributed by atoms with Crippen molar-refractivity contribution in [3.05, 3.63) is 81.8 Å². The van der Waals surface area contributed by atoms with Gasteiger partial charge in [-0.2, -0.15) is 0 Å². The van der Waals surface area contributed by atoms with Crippen LogP contribution in [0.4, 0.5) is 10.1 Å². The fraction of sp³-hybridized carbons (Fsp3) is 0.150. The Morgan fingerprint density at radius 1 is 1.07 bits per heavy atom. The van der Waals surface area contributed by atoms with Gasteiger partial charge in [-0.05, 0) is 53.3 Å². The van der Waals surface area contributed by atoms with Crippen molar-refractivity contribution in [3.63, 3.8) is 0 Å². The summed E-state index contributed by atoms with van der Waals surface area (Å²) in [5.41, 5.74) is 2.29. The van der Waals surface area contributed by atoms with Crippen LogP contribution in [0.25, 0.3) is 0 Å². The van der Waals surface area contributed by atoms with Gasteiger partial charge in [0.15, 0.2) is 0 Å². The summed E-state index contributed by atoms with van der Waals surface area (Å²) in [5, 5.41) is 1.86. The van der Waals surface area contributed by atoms with Crippen LogP contribution in [-0.2, 0) is 23.0 Å². The van der Waals surface area contributed by atoms with E-state index in [1.807, 2.05) is 17.5 Å². The lowest BCUT2D eigenvalue weighted by molar-refractivity contribution is 0.0739. The number of halogens is 1. The molecule has 2 aromatic carbocycles. The summed E-state index contributed by atoms with van der Waals surface area (Å²) in [7, 11) is -4.04. The van der Waals surface area contributed by atoms with Crippen molar-refractivity contribution in [2.45, 2.75) is 17.9 Å². The number of fused-ring (bicyclic) bond motifs is 1. The van der Waals surface area contributed by atoms with Crippen molar-refractivity contribution >= 4 is 33.0 Å². The molecule has 28 heavy (non-hydrogen) atoms. The molecule has 3 aromatic rings. The van der Waals surface area contributed by atoms with Crippen molar-refractivity contribution in [2.24, 2.45) is 0 Å². The molecule has 1 aromatic heterocycles. The Labute approximate surface area is 166 Å². The SMILES string of the molecule is O=C(c1cccs1)N1CCc2ccc(NS(=O)(=O)c3ccccc3F)cc2C1. The van der Waals surface area contributed by atoms with Gasteiger partial charge in [0.05, 0.1) is 4.88 Å². The van der Waals surface area contributed by atoms with E-state index in [0.29, 0.717) is 30.1 Å². The number of anilines is 1. The summed E-state index contributed by atoms with van der Waals surface area (Å²) in [6.07, 6.45) is 0.701. The molecule has 0 fully saturated rings. The maximum Gasteiger partial charge on any atom is 0.264 e. The predicted molar refractivity (Wildman–Crippen MR) is 106 cm³/mol. The Balaban J connectivity index is 1.57. The van der Waals surface area contributed by atoms with Crippen LogP contribution < -0.4 is 4.72 Å². The van der Waals surface area contributed by atoms with Gasteiger partial charge in [0.1, 0.15) is 10.7 Å². The normalized spacial score (nSPS) is 13.8. The van der Waals surface area contributed by atoms with Crippen LogP contribution in [-0.4, -0.2) is 25.8 Å². The van der Waals surface area contributed by atoms with E-state index < -0.39 is 20.7 Å². The van der Waals surface area contributed by atoms with E-state index in [4.69, 9.17) is 0 Å². The fourth-order valence-corrected chi connectivity index (χ4v) is 5.04. The zero-order chi connectivity index (χ0) is 19.7. The molecule has 5 nitrogen and oxygen atoms in total. The van der Waals surface area contributed by atoms with Crippen LogP contribution in [0.15, 0.2) is 64.9 Å². The summed E-state index contributed by atoms with van der Waals surface area (Å²) in [6.45, 7) is 1.02. The minimum absolute atomic E-state index is 0.0296. The Bertz CT molecular complexity index is 1130. The first-order valence-electron chi connectivity index (χ1n) is 8.66. The molecular formula is C20H17FN2O3S2. The topological polar surface area (TPSA) is 66.5 Å². The molecular weight excluding hydrogens is 399 g/mol. The molecule has 1 aliphatic rings. The molecule has 144 valence electrons. The van der Waals surface area contributed by atoms with E-state index >= 15 is 0 Å². The number of carbonyl (C=O) groups excluding carboxylic acids is 1. The first-order valence-corrected chi connectivity index (χ1v) is 11.0. The van der Waals surface area contributed by atoms with Gasteiger partial charge in [0.2, 0.25) is 0 Å². The highest BCUT2D eigenvalue weighted by Crippen LogP contribution is 2.26. The van der Waals surface area contributed by atoms with Crippen LogP contribution >= 0.6 is 11.3 Å². The van der Waals surface area contributed by atoms with E-state index in [-0.39, 0.29) is 5.91 Å². The molecule has 1 aliphatic heterocycles. The molecule has 0 unspecified atom stereocenters. The molecule has 1 amide bonds. The number of thiophene rings is 1. The van der Waals surface area contributed by atoms with E-state index in [1.54, 1.807) is 23.1 Å². The first kappa shape index (κ1) is 18.6. The third kappa shape index (κ3) is 3.65. The molecule has 0 bridgehead atoms. The number of amides is 1. The molecule has 0 saturated carbocycles. The van der Waals surface area contributed by atoms with Crippen molar-refractivity contribution in [1.29, 1.82) is 0 Å². The number of nitrogens with zero attached hydrogens (tertiary/aromatic N) is 1. The van der Waals surface area contributed by atoms with E-state index in [0.717, 1.165) is 17.2 Å². The Morgan fingerprint density at radius 2 is 1.89 bits per heavy atom. The lowest BCUT2D eigenvalue weighted by Gasteiger charge is -2.29. The number of rotatable bonds is 4.